The lowest BCUT2D eigenvalue weighted by Crippen LogP contribution is -2.12. The number of phenols is 1. The predicted molar refractivity (Wildman–Crippen MR) is 84.8 cm³/mol. The summed E-state index contributed by atoms with van der Waals surface area (Å²) in [7, 11) is 0. The minimum Gasteiger partial charge on any atom is -0.506 e. The number of rotatable bonds is 3. The van der Waals surface area contributed by atoms with E-state index in [0.717, 1.165) is 15.6 Å². The fraction of sp³-hybridized carbons (Fsp3) is 0.273. The van der Waals surface area contributed by atoms with E-state index in [2.05, 4.69) is 54.4 Å². The minimum absolute atomic E-state index is 0. The van der Waals surface area contributed by atoms with E-state index >= 15 is 0 Å². The molecule has 0 radical (unpaired) electrons. The SMILES string of the molecule is C=C(C)C[C@H](N)c1c(Br)cc(Br)c(O)c1Br.Cl. The molecule has 0 bridgehead atoms. The molecule has 0 saturated carbocycles. The highest BCUT2D eigenvalue weighted by Gasteiger charge is 2.18. The van der Waals surface area contributed by atoms with Crippen LogP contribution in [0.15, 0.2) is 31.6 Å². The van der Waals surface area contributed by atoms with E-state index in [1.54, 1.807) is 6.07 Å². The van der Waals surface area contributed by atoms with Crippen molar-refractivity contribution in [3.05, 3.63) is 37.2 Å². The average Bonchev–Trinajstić information content (AvgIpc) is 2.13. The molecule has 0 heterocycles. The van der Waals surface area contributed by atoms with E-state index < -0.39 is 0 Å². The fourth-order valence-electron chi connectivity index (χ4n) is 1.41. The second kappa shape index (κ2) is 7.14. The van der Waals surface area contributed by atoms with Gasteiger partial charge in [0.15, 0.2) is 0 Å². The molecule has 17 heavy (non-hydrogen) atoms. The molecule has 0 spiro atoms. The van der Waals surface area contributed by atoms with Crippen LogP contribution in [-0.4, -0.2) is 5.11 Å². The van der Waals surface area contributed by atoms with Crippen molar-refractivity contribution in [1.29, 1.82) is 0 Å². The number of halogens is 4. The summed E-state index contributed by atoms with van der Waals surface area (Å²) >= 11 is 10.1. The normalized spacial score (nSPS) is 11.8. The maximum atomic E-state index is 9.80. The molecule has 0 aromatic heterocycles. The summed E-state index contributed by atoms with van der Waals surface area (Å²) in [5.74, 6) is 0.162. The lowest BCUT2D eigenvalue weighted by molar-refractivity contribution is 0.466. The highest BCUT2D eigenvalue weighted by molar-refractivity contribution is 9.11. The van der Waals surface area contributed by atoms with Gasteiger partial charge >= 0.3 is 0 Å². The van der Waals surface area contributed by atoms with Gasteiger partial charge in [-0.1, -0.05) is 21.5 Å². The zero-order chi connectivity index (χ0) is 12.5. The molecule has 96 valence electrons. The van der Waals surface area contributed by atoms with Gasteiger partial charge in [-0.3, -0.25) is 0 Å². The van der Waals surface area contributed by atoms with Crippen molar-refractivity contribution in [3.8, 4) is 5.75 Å². The van der Waals surface area contributed by atoms with Gasteiger partial charge in [0.05, 0.1) is 8.95 Å². The van der Waals surface area contributed by atoms with Crippen LogP contribution in [-0.2, 0) is 0 Å². The number of phenolic OH excluding ortho intramolecular Hbond substituents is 1. The van der Waals surface area contributed by atoms with Gasteiger partial charge in [-0.25, -0.2) is 0 Å². The monoisotopic (exact) mass is 447 g/mol. The van der Waals surface area contributed by atoms with Crippen LogP contribution in [0.5, 0.6) is 5.75 Å². The van der Waals surface area contributed by atoms with Crippen molar-refractivity contribution in [1.82, 2.24) is 0 Å². The van der Waals surface area contributed by atoms with Gasteiger partial charge in [0.1, 0.15) is 5.75 Å². The van der Waals surface area contributed by atoms with Crippen LogP contribution in [0.1, 0.15) is 24.9 Å². The zero-order valence-electron chi connectivity index (χ0n) is 9.14. The summed E-state index contributed by atoms with van der Waals surface area (Å²) in [6.07, 6.45) is 0.679. The summed E-state index contributed by atoms with van der Waals surface area (Å²) in [5, 5.41) is 9.80. The Morgan fingerprint density at radius 2 is 1.94 bits per heavy atom. The van der Waals surface area contributed by atoms with Crippen molar-refractivity contribution >= 4 is 60.2 Å². The predicted octanol–water partition coefficient (Wildman–Crippen LogP) is 5.07. The lowest BCUT2D eigenvalue weighted by atomic mass is 10.0. The molecule has 1 aromatic rings. The van der Waals surface area contributed by atoms with E-state index in [-0.39, 0.29) is 24.2 Å². The first-order chi connectivity index (χ1) is 7.34. The maximum absolute atomic E-state index is 9.80. The summed E-state index contributed by atoms with van der Waals surface area (Å²) < 4.78 is 2.10. The third-order valence-corrected chi connectivity index (χ3v) is 4.18. The van der Waals surface area contributed by atoms with Gasteiger partial charge in [-0.05, 0) is 51.3 Å². The Morgan fingerprint density at radius 1 is 1.41 bits per heavy atom. The highest BCUT2D eigenvalue weighted by atomic mass is 79.9. The molecule has 3 N–H and O–H groups in total. The Hall–Kier alpha value is 0.450. The molecule has 6 heteroatoms. The first kappa shape index (κ1) is 17.4. The molecule has 1 atom stereocenters. The Labute approximate surface area is 132 Å². The van der Waals surface area contributed by atoms with Crippen LogP contribution in [0, 0.1) is 0 Å². The molecular weight excluding hydrogens is 437 g/mol. The van der Waals surface area contributed by atoms with Gasteiger partial charge in [0.25, 0.3) is 0 Å². The maximum Gasteiger partial charge on any atom is 0.144 e. The molecule has 0 aliphatic rings. The number of hydrogen-bond acceptors (Lipinski definition) is 2. The van der Waals surface area contributed by atoms with Gasteiger partial charge in [-0.2, -0.15) is 0 Å². The molecule has 0 saturated heterocycles. The largest absolute Gasteiger partial charge is 0.506 e. The second-order valence-corrected chi connectivity index (χ2v) is 6.19. The average molecular weight is 450 g/mol. The van der Waals surface area contributed by atoms with Crippen LogP contribution in [0.25, 0.3) is 0 Å². The summed E-state index contributed by atoms with van der Waals surface area (Å²) in [6.45, 7) is 5.77. The van der Waals surface area contributed by atoms with Crippen LogP contribution >= 0.6 is 60.2 Å². The van der Waals surface area contributed by atoms with Crippen LogP contribution in [0.4, 0.5) is 0 Å². The number of nitrogens with two attached hydrogens (primary N) is 1. The Bertz CT molecular complexity index is 437. The lowest BCUT2D eigenvalue weighted by Gasteiger charge is -2.17. The third-order valence-electron chi connectivity index (χ3n) is 2.12. The fourth-order valence-corrected chi connectivity index (χ4v) is 4.12. The minimum atomic E-state index is -0.194. The summed E-state index contributed by atoms with van der Waals surface area (Å²) in [6, 6.07) is 1.59. The Morgan fingerprint density at radius 3 is 2.41 bits per heavy atom. The molecule has 0 unspecified atom stereocenters. The van der Waals surface area contributed by atoms with Crippen molar-refractivity contribution < 1.29 is 5.11 Å². The third kappa shape index (κ3) is 4.24. The second-order valence-electron chi connectivity index (χ2n) is 3.68. The number of hydrogen-bond donors (Lipinski definition) is 2. The number of benzene rings is 1. The molecule has 0 fully saturated rings. The smallest absolute Gasteiger partial charge is 0.144 e. The molecule has 0 aliphatic heterocycles. The highest BCUT2D eigenvalue weighted by Crippen LogP contribution is 2.42. The first-order valence-corrected chi connectivity index (χ1v) is 6.98. The van der Waals surface area contributed by atoms with Gasteiger partial charge < -0.3 is 10.8 Å². The van der Waals surface area contributed by atoms with Crippen molar-refractivity contribution in [3.63, 3.8) is 0 Å². The van der Waals surface area contributed by atoms with Gasteiger partial charge in [0.2, 0.25) is 0 Å². The summed E-state index contributed by atoms with van der Waals surface area (Å²) in [5.41, 5.74) is 7.93. The van der Waals surface area contributed by atoms with Crippen LogP contribution in [0.3, 0.4) is 0 Å². The molecule has 1 aromatic carbocycles. The quantitative estimate of drug-likeness (QED) is 0.632. The van der Waals surface area contributed by atoms with Crippen molar-refractivity contribution in [2.45, 2.75) is 19.4 Å². The molecule has 0 amide bonds. The zero-order valence-corrected chi connectivity index (χ0v) is 14.7. The van der Waals surface area contributed by atoms with Gasteiger partial charge in [0, 0.05) is 16.1 Å². The first-order valence-electron chi connectivity index (χ1n) is 4.61. The van der Waals surface area contributed by atoms with Gasteiger partial charge in [-0.15, -0.1) is 19.0 Å². The Balaban J connectivity index is 0.00000256. The topological polar surface area (TPSA) is 46.2 Å². The molecule has 1 rings (SSSR count). The standard InChI is InChI=1S/C11H12Br3NO.ClH/c1-5(2)3-8(15)9-6(12)4-7(13)11(16)10(9)14;/h4,8,16H,1,3,15H2,2H3;1H/t8-;/m0./s1. The van der Waals surface area contributed by atoms with E-state index in [0.29, 0.717) is 15.4 Å². The molecular formula is C11H13Br3ClNO. The van der Waals surface area contributed by atoms with E-state index in [1.807, 2.05) is 6.92 Å². The summed E-state index contributed by atoms with van der Waals surface area (Å²) in [4.78, 5) is 0. The van der Waals surface area contributed by atoms with E-state index in [4.69, 9.17) is 5.73 Å². The number of aromatic hydroxyl groups is 1. The van der Waals surface area contributed by atoms with Crippen molar-refractivity contribution in [2.75, 3.05) is 0 Å². The van der Waals surface area contributed by atoms with E-state index in [9.17, 15) is 5.11 Å². The van der Waals surface area contributed by atoms with Crippen LogP contribution in [0.2, 0.25) is 0 Å². The van der Waals surface area contributed by atoms with Crippen molar-refractivity contribution in [2.24, 2.45) is 5.73 Å². The van der Waals surface area contributed by atoms with Crippen LogP contribution < -0.4 is 5.73 Å². The van der Waals surface area contributed by atoms with E-state index in [1.165, 1.54) is 0 Å². The Kier molecular flexibility index (Phi) is 7.33. The molecule has 0 aliphatic carbocycles. The molecule has 2 nitrogen and oxygen atoms in total.